The van der Waals surface area contributed by atoms with E-state index in [2.05, 4.69) is 5.32 Å². The van der Waals surface area contributed by atoms with E-state index in [0.717, 1.165) is 11.8 Å². The minimum atomic E-state index is -1.36. The number of carboxylic acid groups (broad SMARTS) is 1. The molecule has 1 heterocycles. The van der Waals surface area contributed by atoms with Crippen LogP contribution in [0.25, 0.3) is 0 Å². The highest BCUT2D eigenvalue weighted by Gasteiger charge is 2.41. The molecule has 1 aliphatic heterocycles. The first-order valence-corrected chi connectivity index (χ1v) is 7.37. The fourth-order valence-electron chi connectivity index (χ4n) is 1.90. The van der Waals surface area contributed by atoms with Gasteiger partial charge in [-0.25, -0.2) is 4.79 Å². The summed E-state index contributed by atoms with van der Waals surface area (Å²) in [5, 5.41) is 8.79. The summed E-state index contributed by atoms with van der Waals surface area (Å²) in [5.41, 5.74) is 0.323. The predicted octanol–water partition coefficient (Wildman–Crippen LogP) is 1.23. The molecule has 118 valence electrons. The minimum absolute atomic E-state index is 0.323. The molecule has 1 unspecified atom stereocenters. The summed E-state index contributed by atoms with van der Waals surface area (Å²) in [6.45, 7) is 2.64. The van der Waals surface area contributed by atoms with Crippen LogP contribution in [0.15, 0.2) is 24.3 Å². The number of thioether (sulfide) groups is 1. The molecule has 1 aromatic rings. The first-order valence-electron chi connectivity index (χ1n) is 6.49. The van der Waals surface area contributed by atoms with Crippen molar-refractivity contribution in [2.75, 3.05) is 6.54 Å². The van der Waals surface area contributed by atoms with Gasteiger partial charge in [0.1, 0.15) is 17.9 Å². The number of carbonyl (C=O) groups excluding carboxylic acids is 2. The summed E-state index contributed by atoms with van der Waals surface area (Å²) in [4.78, 5) is 34.2. The largest absolute Gasteiger partial charge is 0.480 e. The van der Waals surface area contributed by atoms with Crippen molar-refractivity contribution < 1.29 is 29.0 Å². The van der Waals surface area contributed by atoms with Crippen molar-refractivity contribution in [2.45, 2.75) is 24.2 Å². The van der Waals surface area contributed by atoms with Gasteiger partial charge in [0.2, 0.25) is 5.91 Å². The van der Waals surface area contributed by atoms with Gasteiger partial charge in [-0.15, -0.1) is 0 Å². The van der Waals surface area contributed by atoms with Gasteiger partial charge in [0, 0.05) is 6.92 Å². The second-order valence-electron chi connectivity index (χ2n) is 4.72. The zero-order valence-corrected chi connectivity index (χ0v) is 12.8. The molecule has 0 saturated heterocycles. The third kappa shape index (κ3) is 3.70. The number of ether oxygens (including phenoxy) is 2. The minimum Gasteiger partial charge on any atom is -0.480 e. The van der Waals surface area contributed by atoms with Crippen molar-refractivity contribution in [3.05, 3.63) is 29.8 Å². The number of fused-ring (bicyclic) bond motifs is 1. The fourth-order valence-corrected chi connectivity index (χ4v) is 2.99. The van der Waals surface area contributed by atoms with E-state index < -0.39 is 34.8 Å². The molecule has 1 amide bonds. The van der Waals surface area contributed by atoms with Crippen LogP contribution in [0.3, 0.4) is 0 Å². The van der Waals surface area contributed by atoms with Crippen LogP contribution >= 0.6 is 11.8 Å². The molecule has 1 aliphatic rings. The number of aliphatic carboxylic acids is 1. The van der Waals surface area contributed by atoms with Gasteiger partial charge in [0.15, 0.2) is 0 Å². The SMILES string of the molecule is C[C@@H](SC1(C)OC(=O)c2ccccc2O1)C(=O)NCC(=O)O. The van der Waals surface area contributed by atoms with Crippen molar-refractivity contribution >= 4 is 29.6 Å². The van der Waals surface area contributed by atoms with Crippen LogP contribution in [0.1, 0.15) is 24.2 Å². The third-order valence-electron chi connectivity index (χ3n) is 2.85. The topological polar surface area (TPSA) is 102 Å². The van der Waals surface area contributed by atoms with Gasteiger partial charge in [-0.1, -0.05) is 23.9 Å². The van der Waals surface area contributed by atoms with E-state index in [1.165, 1.54) is 6.92 Å². The Morgan fingerprint density at radius 2 is 2.05 bits per heavy atom. The van der Waals surface area contributed by atoms with Gasteiger partial charge in [0.25, 0.3) is 0 Å². The Morgan fingerprint density at radius 3 is 2.73 bits per heavy atom. The molecule has 0 bridgehead atoms. The molecule has 0 aromatic heterocycles. The van der Waals surface area contributed by atoms with Crippen molar-refractivity contribution in [1.29, 1.82) is 0 Å². The second-order valence-corrected chi connectivity index (χ2v) is 6.41. The van der Waals surface area contributed by atoms with Gasteiger partial charge >= 0.3 is 17.1 Å². The number of nitrogens with one attached hydrogen (secondary N) is 1. The first kappa shape index (κ1) is 16.2. The lowest BCUT2D eigenvalue weighted by atomic mass is 10.2. The molecule has 0 radical (unpaired) electrons. The van der Waals surface area contributed by atoms with E-state index in [9.17, 15) is 14.4 Å². The Hall–Kier alpha value is -2.22. The molecule has 7 nitrogen and oxygen atoms in total. The molecule has 2 rings (SSSR count). The van der Waals surface area contributed by atoms with Gasteiger partial charge < -0.3 is 19.9 Å². The molecular weight excluding hydrogens is 310 g/mol. The number of carbonyl (C=O) groups is 3. The van der Waals surface area contributed by atoms with Crippen molar-refractivity contribution in [1.82, 2.24) is 5.32 Å². The molecule has 0 saturated carbocycles. The molecule has 0 spiro atoms. The molecule has 8 heteroatoms. The van der Waals surface area contributed by atoms with Crippen LogP contribution in [0.5, 0.6) is 5.75 Å². The Bertz CT molecular complexity index is 619. The summed E-state index contributed by atoms with van der Waals surface area (Å²) in [6.07, 6.45) is 0. The molecule has 0 aliphatic carbocycles. The summed E-state index contributed by atoms with van der Waals surface area (Å²) in [7, 11) is 0. The Labute approximate surface area is 131 Å². The van der Waals surface area contributed by atoms with E-state index in [1.807, 2.05) is 0 Å². The highest BCUT2D eigenvalue weighted by atomic mass is 32.2. The number of hydrogen-bond donors (Lipinski definition) is 2. The number of rotatable bonds is 5. The summed E-state index contributed by atoms with van der Waals surface area (Å²) < 4.78 is 10.9. The number of cyclic esters (lactones) is 1. The summed E-state index contributed by atoms with van der Waals surface area (Å²) in [6, 6.07) is 6.65. The van der Waals surface area contributed by atoms with Gasteiger partial charge in [-0.2, -0.15) is 0 Å². The Balaban J connectivity index is 2.05. The number of carboxylic acids is 1. The lowest BCUT2D eigenvalue weighted by molar-refractivity contribution is -0.137. The van der Waals surface area contributed by atoms with Crippen molar-refractivity contribution in [3.8, 4) is 5.75 Å². The number of benzene rings is 1. The van der Waals surface area contributed by atoms with Crippen LogP contribution in [0.4, 0.5) is 0 Å². The summed E-state index contributed by atoms with van der Waals surface area (Å²) >= 11 is 0.980. The summed E-state index contributed by atoms with van der Waals surface area (Å²) in [5.74, 6) is -1.76. The van der Waals surface area contributed by atoms with Gasteiger partial charge in [0.05, 0.1) is 5.25 Å². The molecular formula is C14H15NO6S. The quantitative estimate of drug-likeness (QED) is 0.785. The molecule has 1 aromatic carbocycles. The van der Waals surface area contributed by atoms with E-state index in [4.69, 9.17) is 14.6 Å². The van der Waals surface area contributed by atoms with E-state index in [-0.39, 0.29) is 0 Å². The molecule has 22 heavy (non-hydrogen) atoms. The highest BCUT2D eigenvalue weighted by molar-refractivity contribution is 8.01. The standard InChI is InChI=1S/C14H15NO6S/c1-8(12(18)15-7-11(16)17)22-14(2)20-10-6-4-3-5-9(10)13(19)21-14/h3-6,8H,7H2,1-2H3,(H,15,18)(H,16,17)/t8-,14?/m1/s1. The fraction of sp³-hybridized carbons (Fsp3) is 0.357. The van der Waals surface area contributed by atoms with E-state index in [0.29, 0.717) is 11.3 Å². The monoisotopic (exact) mass is 325 g/mol. The zero-order chi connectivity index (χ0) is 16.3. The maximum Gasteiger partial charge on any atom is 0.345 e. The van der Waals surface area contributed by atoms with E-state index >= 15 is 0 Å². The lowest BCUT2D eigenvalue weighted by Crippen LogP contribution is -2.43. The van der Waals surface area contributed by atoms with Crippen molar-refractivity contribution in [3.63, 3.8) is 0 Å². The maximum atomic E-state index is 12.0. The number of amides is 1. The highest BCUT2D eigenvalue weighted by Crippen LogP contribution is 2.39. The molecule has 2 N–H and O–H groups in total. The van der Waals surface area contributed by atoms with Crippen LogP contribution in [0.2, 0.25) is 0 Å². The molecule has 2 atom stereocenters. The first-order chi connectivity index (χ1) is 10.3. The average Bonchev–Trinajstić information content (AvgIpc) is 2.44. The third-order valence-corrected chi connectivity index (χ3v) is 4.02. The predicted molar refractivity (Wildman–Crippen MR) is 78.6 cm³/mol. The van der Waals surface area contributed by atoms with Gasteiger partial charge in [-0.3, -0.25) is 9.59 Å². The smallest absolute Gasteiger partial charge is 0.345 e. The normalized spacial score (nSPS) is 21.1. The van der Waals surface area contributed by atoms with Gasteiger partial charge in [-0.05, 0) is 19.1 Å². The zero-order valence-electron chi connectivity index (χ0n) is 12.0. The van der Waals surface area contributed by atoms with Crippen molar-refractivity contribution in [2.24, 2.45) is 0 Å². The maximum absolute atomic E-state index is 12.0. The number of para-hydroxylation sites is 1. The molecule has 0 fully saturated rings. The number of hydrogen-bond acceptors (Lipinski definition) is 6. The van der Waals surface area contributed by atoms with Crippen LogP contribution in [-0.2, 0) is 14.3 Å². The van der Waals surface area contributed by atoms with Crippen LogP contribution in [-0.4, -0.2) is 39.9 Å². The Morgan fingerprint density at radius 1 is 1.36 bits per heavy atom. The number of esters is 1. The average molecular weight is 325 g/mol. The van der Waals surface area contributed by atoms with Crippen LogP contribution < -0.4 is 10.1 Å². The van der Waals surface area contributed by atoms with E-state index in [1.54, 1.807) is 31.2 Å². The Kier molecular flexibility index (Phi) is 4.60. The van der Waals surface area contributed by atoms with Crippen LogP contribution in [0, 0.1) is 0 Å². The lowest BCUT2D eigenvalue weighted by Gasteiger charge is -2.35. The second kappa shape index (κ2) is 6.27.